The molecule has 0 spiro atoms. The third-order valence-corrected chi connectivity index (χ3v) is 4.20. The van der Waals surface area contributed by atoms with Crippen LogP contribution in [0.1, 0.15) is 41.3 Å². The molecule has 3 heteroatoms. The van der Waals surface area contributed by atoms with Gasteiger partial charge in [-0.2, -0.15) is 0 Å². The Hall–Kier alpha value is -2.29. The van der Waals surface area contributed by atoms with Crippen molar-refractivity contribution in [2.45, 2.75) is 26.2 Å². The van der Waals surface area contributed by atoms with Gasteiger partial charge in [-0.3, -0.25) is 4.79 Å². The van der Waals surface area contributed by atoms with Gasteiger partial charge in [0.05, 0.1) is 0 Å². The van der Waals surface area contributed by atoms with Gasteiger partial charge in [0.2, 0.25) is 0 Å². The quantitative estimate of drug-likeness (QED) is 0.691. The topological polar surface area (TPSA) is 46.3 Å². The maximum atomic E-state index is 12.6. The molecule has 3 nitrogen and oxygen atoms in total. The minimum atomic E-state index is 0.0442. The normalized spacial score (nSPS) is 13.8. The summed E-state index contributed by atoms with van der Waals surface area (Å²) in [6, 6.07) is 13.3. The Labute approximate surface area is 131 Å². The van der Waals surface area contributed by atoms with Crippen LogP contribution < -0.4 is 10.6 Å². The highest BCUT2D eigenvalue weighted by Crippen LogP contribution is 2.29. The lowest BCUT2D eigenvalue weighted by atomic mass is 9.95. The van der Waals surface area contributed by atoms with E-state index in [0.29, 0.717) is 11.3 Å². The van der Waals surface area contributed by atoms with Gasteiger partial charge in [0.25, 0.3) is 0 Å². The van der Waals surface area contributed by atoms with Crippen LogP contribution in [0.4, 0.5) is 11.4 Å². The molecule has 0 atom stereocenters. The summed E-state index contributed by atoms with van der Waals surface area (Å²) >= 11 is 0. The van der Waals surface area contributed by atoms with Crippen molar-refractivity contribution < 1.29 is 4.79 Å². The Morgan fingerprint density at radius 2 is 2.00 bits per heavy atom. The highest BCUT2D eigenvalue weighted by Gasteiger charge is 2.18. The Bertz CT molecular complexity index is 694. The highest BCUT2D eigenvalue weighted by molar-refractivity contribution is 6.09. The zero-order chi connectivity index (χ0) is 15.5. The molecule has 1 aliphatic heterocycles. The van der Waals surface area contributed by atoms with Crippen molar-refractivity contribution in [1.29, 1.82) is 0 Å². The average molecular weight is 294 g/mol. The summed E-state index contributed by atoms with van der Waals surface area (Å²) in [5, 5.41) is 0. The fourth-order valence-electron chi connectivity index (χ4n) is 3.17. The minimum absolute atomic E-state index is 0.0442. The first kappa shape index (κ1) is 14.6. The molecule has 0 bridgehead atoms. The second-order valence-corrected chi connectivity index (χ2v) is 5.89. The Morgan fingerprint density at radius 1 is 1.18 bits per heavy atom. The number of hydrogen-bond acceptors (Lipinski definition) is 3. The number of nitrogens with two attached hydrogens (primary N) is 1. The number of rotatable bonds is 4. The number of carbonyl (C=O) groups excluding carboxylic acids is 1. The van der Waals surface area contributed by atoms with Crippen molar-refractivity contribution in [3.8, 4) is 0 Å². The molecule has 2 N–H and O–H groups in total. The molecule has 0 aliphatic carbocycles. The molecule has 22 heavy (non-hydrogen) atoms. The van der Waals surface area contributed by atoms with Gasteiger partial charge in [0.15, 0.2) is 5.78 Å². The molecule has 2 aromatic rings. The van der Waals surface area contributed by atoms with Crippen LogP contribution in [0.5, 0.6) is 0 Å². The van der Waals surface area contributed by atoms with E-state index in [4.69, 9.17) is 5.73 Å². The van der Waals surface area contributed by atoms with Gasteiger partial charge in [0.1, 0.15) is 0 Å². The molecule has 0 aromatic heterocycles. The molecule has 3 rings (SSSR count). The number of nitrogens with zero attached hydrogens (tertiary/aromatic N) is 1. The van der Waals surface area contributed by atoms with Crippen molar-refractivity contribution in [2.24, 2.45) is 0 Å². The third kappa shape index (κ3) is 2.84. The van der Waals surface area contributed by atoms with E-state index >= 15 is 0 Å². The van der Waals surface area contributed by atoms with Crippen molar-refractivity contribution in [2.75, 3.05) is 23.7 Å². The van der Waals surface area contributed by atoms with Crippen LogP contribution in [0.2, 0.25) is 0 Å². The summed E-state index contributed by atoms with van der Waals surface area (Å²) in [5.41, 5.74) is 10.4. The van der Waals surface area contributed by atoms with Gasteiger partial charge >= 0.3 is 0 Å². The van der Waals surface area contributed by atoms with Crippen LogP contribution in [-0.4, -0.2) is 18.9 Å². The molecule has 0 saturated carbocycles. The highest BCUT2D eigenvalue weighted by atomic mass is 16.1. The maximum Gasteiger partial charge on any atom is 0.193 e. The molecule has 2 aromatic carbocycles. The smallest absolute Gasteiger partial charge is 0.193 e. The zero-order valence-electron chi connectivity index (χ0n) is 13.0. The van der Waals surface area contributed by atoms with Crippen LogP contribution in [0.25, 0.3) is 0 Å². The van der Waals surface area contributed by atoms with Gasteiger partial charge in [-0.05, 0) is 55.2 Å². The summed E-state index contributed by atoms with van der Waals surface area (Å²) in [6.07, 6.45) is 3.35. The summed E-state index contributed by atoms with van der Waals surface area (Å²) in [4.78, 5) is 15.0. The Morgan fingerprint density at radius 3 is 2.77 bits per heavy atom. The molecular weight excluding hydrogens is 272 g/mol. The second kappa shape index (κ2) is 6.22. The number of fused-ring (bicyclic) bond motifs is 1. The van der Waals surface area contributed by atoms with Crippen molar-refractivity contribution in [3.63, 3.8) is 0 Å². The molecule has 0 unspecified atom stereocenters. The molecule has 1 heterocycles. The minimum Gasteiger partial charge on any atom is -0.399 e. The fourth-order valence-corrected chi connectivity index (χ4v) is 3.17. The number of anilines is 2. The van der Waals surface area contributed by atoms with E-state index in [-0.39, 0.29) is 5.78 Å². The fraction of sp³-hybridized carbons (Fsp3) is 0.316. The van der Waals surface area contributed by atoms with E-state index < -0.39 is 0 Å². The summed E-state index contributed by atoms with van der Waals surface area (Å²) < 4.78 is 0. The maximum absolute atomic E-state index is 12.6. The van der Waals surface area contributed by atoms with Crippen LogP contribution in [0.15, 0.2) is 42.5 Å². The van der Waals surface area contributed by atoms with Crippen LogP contribution in [0.3, 0.4) is 0 Å². The number of carbonyl (C=O) groups is 1. The van der Waals surface area contributed by atoms with Gasteiger partial charge in [-0.25, -0.2) is 0 Å². The van der Waals surface area contributed by atoms with Gasteiger partial charge in [0, 0.05) is 35.6 Å². The predicted molar refractivity (Wildman–Crippen MR) is 91.6 cm³/mol. The lowest BCUT2D eigenvalue weighted by molar-refractivity contribution is 0.103. The first-order valence-electron chi connectivity index (χ1n) is 7.97. The Kier molecular flexibility index (Phi) is 4.14. The Balaban J connectivity index is 1.92. The van der Waals surface area contributed by atoms with Crippen molar-refractivity contribution in [3.05, 3.63) is 59.2 Å². The van der Waals surface area contributed by atoms with Crippen molar-refractivity contribution >= 4 is 17.2 Å². The number of nitrogen functional groups attached to an aromatic ring is 1. The van der Waals surface area contributed by atoms with Crippen molar-refractivity contribution in [1.82, 2.24) is 0 Å². The zero-order valence-corrected chi connectivity index (χ0v) is 13.0. The summed E-state index contributed by atoms with van der Waals surface area (Å²) in [6.45, 7) is 4.39. The largest absolute Gasteiger partial charge is 0.399 e. The summed E-state index contributed by atoms with van der Waals surface area (Å²) in [5.74, 6) is 0.0442. The van der Waals surface area contributed by atoms with Gasteiger partial charge < -0.3 is 10.6 Å². The molecule has 1 aliphatic rings. The third-order valence-electron chi connectivity index (χ3n) is 4.20. The van der Waals surface area contributed by atoms with E-state index in [9.17, 15) is 4.79 Å². The SMILES string of the molecule is CCCN1CCCc2cc(C(=O)c3cccc(N)c3)ccc21. The average Bonchev–Trinajstić information content (AvgIpc) is 2.54. The monoisotopic (exact) mass is 294 g/mol. The van der Waals surface area contributed by atoms with E-state index in [1.165, 1.54) is 11.3 Å². The van der Waals surface area contributed by atoms with E-state index in [2.05, 4.69) is 24.0 Å². The molecule has 0 fully saturated rings. The van der Waals surface area contributed by atoms with E-state index in [1.54, 1.807) is 12.1 Å². The lowest BCUT2D eigenvalue weighted by Crippen LogP contribution is -2.30. The van der Waals surface area contributed by atoms with Crippen LogP contribution >= 0.6 is 0 Å². The van der Waals surface area contributed by atoms with Crippen LogP contribution in [0, 0.1) is 0 Å². The second-order valence-electron chi connectivity index (χ2n) is 5.89. The molecular formula is C19H22N2O. The molecule has 114 valence electrons. The molecule has 0 radical (unpaired) electrons. The van der Waals surface area contributed by atoms with Crippen LogP contribution in [-0.2, 0) is 6.42 Å². The predicted octanol–water partition coefficient (Wildman–Crippen LogP) is 3.66. The summed E-state index contributed by atoms with van der Waals surface area (Å²) in [7, 11) is 0. The number of hydrogen-bond donors (Lipinski definition) is 1. The lowest BCUT2D eigenvalue weighted by Gasteiger charge is -2.31. The standard InChI is InChI=1S/C19H22N2O/c1-2-10-21-11-4-6-14-12-16(8-9-18(14)21)19(22)15-5-3-7-17(20)13-15/h3,5,7-9,12-13H,2,4,6,10-11,20H2,1H3. The number of ketones is 1. The molecule has 0 saturated heterocycles. The first-order valence-corrected chi connectivity index (χ1v) is 7.97. The van der Waals surface area contributed by atoms with Gasteiger partial charge in [-0.15, -0.1) is 0 Å². The molecule has 0 amide bonds. The number of benzene rings is 2. The van der Waals surface area contributed by atoms with E-state index in [0.717, 1.165) is 37.9 Å². The van der Waals surface area contributed by atoms with E-state index in [1.807, 2.05) is 18.2 Å². The number of aryl methyl sites for hydroxylation is 1. The first-order chi connectivity index (χ1) is 10.7. The van der Waals surface area contributed by atoms with Gasteiger partial charge in [-0.1, -0.05) is 19.1 Å².